The second-order valence-electron chi connectivity index (χ2n) is 6.59. The van der Waals surface area contributed by atoms with Gasteiger partial charge in [0.05, 0.1) is 7.05 Å². The molecule has 4 nitrogen and oxygen atoms in total. The number of benzene rings is 2. The maximum atomic E-state index is 10.4. The lowest BCUT2D eigenvalue weighted by Gasteiger charge is -2.11. The van der Waals surface area contributed by atoms with Gasteiger partial charge in [-0.05, 0) is 61.7 Å². The van der Waals surface area contributed by atoms with Crippen LogP contribution >= 0.6 is 0 Å². The van der Waals surface area contributed by atoms with Crippen molar-refractivity contribution in [1.82, 2.24) is 4.57 Å². The molecule has 0 aliphatic carbocycles. The van der Waals surface area contributed by atoms with Gasteiger partial charge in [0, 0.05) is 0 Å². The third-order valence-corrected chi connectivity index (χ3v) is 4.43. The molecule has 24 heavy (non-hydrogen) atoms. The van der Waals surface area contributed by atoms with E-state index in [2.05, 4.69) is 35.1 Å². The summed E-state index contributed by atoms with van der Waals surface area (Å²) >= 11 is 0. The summed E-state index contributed by atoms with van der Waals surface area (Å²) in [6.45, 7) is 7.04. The zero-order valence-corrected chi connectivity index (χ0v) is 14.8. The third-order valence-electron chi connectivity index (χ3n) is 4.43. The Morgan fingerprint density at radius 3 is 2.62 bits per heavy atom. The highest BCUT2D eigenvalue weighted by atomic mass is 16.5. The minimum absolute atomic E-state index is 0.275. The van der Waals surface area contributed by atoms with E-state index in [0.717, 1.165) is 16.8 Å². The molecule has 0 bridgehead atoms. The van der Waals surface area contributed by atoms with Crippen LogP contribution in [-0.2, 0) is 13.6 Å². The van der Waals surface area contributed by atoms with Crippen LogP contribution < -0.4 is 9.30 Å². The Labute approximate surface area is 142 Å². The number of aliphatic hydroxyl groups is 1. The SMILES string of the molecule is Cc1cccc(OC[C@H](O)Cn2c[n+](C)c3cc(C)c(C)cc32)c1. The minimum atomic E-state index is -0.567. The van der Waals surface area contributed by atoms with Crippen molar-refractivity contribution in [3.8, 4) is 5.75 Å². The van der Waals surface area contributed by atoms with E-state index in [4.69, 9.17) is 4.74 Å². The molecule has 0 radical (unpaired) electrons. The number of aromatic nitrogens is 2. The number of hydrogen-bond donors (Lipinski definition) is 1. The fourth-order valence-electron chi connectivity index (χ4n) is 2.95. The van der Waals surface area contributed by atoms with Crippen molar-refractivity contribution in [3.05, 3.63) is 59.4 Å². The molecule has 2 aromatic carbocycles. The van der Waals surface area contributed by atoms with Crippen LogP contribution in [0, 0.1) is 20.8 Å². The predicted octanol–water partition coefficient (Wildman–Crippen LogP) is 2.83. The van der Waals surface area contributed by atoms with Crippen LogP contribution in [0.1, 0.15) is 16.7 Å². The van der Waals surface area contributed by atoms with Crippen LogP contribution in [0.2, 0.25) is 0 Å². The van der Waals surface area contributed by atoms with Gasteiger partial charge >= 0.3 is 0 Å². The molecule has 0 fully saturated rings. The molecule has 4 heteroatoms. The number of aliphatic hydroxyl groups excluding tert-OH is 1. The van der Waals surface area contributed by atoms with Crippen molar-refractivity contribution in [1.29, 1.82) is 0 Å². The van der Waals surface area contributed by atoms with Gasteiger partial charge in [-0.15, -0.1) is 0 Å². The molecule has 1 heterocycles. The standard InChI is InChI=1S/C20H25N2O2/c1-14-6-5-7-18(8-14)24-12-17(23)11-22-13-21(4)19-9-15(2)16(3)10-20(19)22/h5-10,13,17,23H,11-12H2,1-4H3/q+1/t17-/m1/s1. The van der Waals surface area contributed by atoms with E-state index in [1.54, 1.807) is 0 Å². The number of imidazole rings is 1. The second-order valence-corrected chi connectivity index (χ2v) is 6.59. The molecule has 126 valence electrons. The van der Waals surface area contributed by atoms with Crippen LogP contribution in [0.4, 0.5) is 0 Å². The maximum Gasteiger partial charge on any atom is 0.244 e. The Kier molecular flexibility index (Phi) is 4.58. The van der Waals surface area contributed by atoms with Crippen molar-refractivity contribution in [3.63, 3.8) is 0 Å². The van der Waals surface area contributed by atoms with Crippen LogP contribution in [0.25, 0.3) is 11.0 Å². The highest BCUT2D eigenvalue weighted by molar-refractivity contribution is 5.74. The number of fused-ring (bicyclic) bond motifs is 1. The predicted molar refractivity (Wildman–Crippen MR) is 95.3 cm³/mol. The third kappa shape index (κ3) is 3.44. The van der Waals surface area contributed by atoms with E-state index in [9.17, 15) is 5.11 Å². The van der Waals surface area contributed by atoms with Crippen molar-refractivity contribution in [2.24, 2.45) is 7.05 Å². The van der Waals surface area contributed by atoms with Gasteiger partial charge in [0.25, 0.3) is 0 Å². The first kappa shape index (κ1) is 16.5. The first-order valence-electron chi connectivity index (χ1n) is 8.27. The average Bonchev–Trinajstić information content (AvgIpc) is 2.82. The van der Waals surface area contributed by atoms with E-state index in [-0.39, 0.29) is 6.61 Å². The Morgan fingerprint density at radius 2 is 1.88 bits per heavy atom. The lowest BCUT2D eigenvalue weighted by Crippen LogP contribution is -2.27. The highest BCUT2D eigenvalue weighted by Gasteiger charge is 2.18. The number of ether oxygens (including phenoxy) is 1. The Hall–Kier alpha value is -2.33. The Bertz CT molecular complexity index is 867. The summed E-state index contributed by atoms with van der Waals surface area (Å²) in [7, 11) is 2.03. The van der Waals surface area contributed by atoms with Gasteiger partial charge in [-0.1, -0.05) is 12.1 Å². The topological polar surface area (TPSA) is 38.3 Å². The summed E-state index contributed by atoms with van der Waals surface area (Å²) in [6.07, 6.45) is 1.46. The zero-order chi connectivity index (χ0) is 17.3. The van der Waals surface area contributed by atoms with Gasteiger partial charge in [-0.25, -0.2) is 9.13 Å². The monoisotopic (exact) mass is 325 g/mol. The Morgan fingerprint density at radius 1 is 1.12 bits per heavy atom. The molecule has 0 aliphatic rings. The van der Waals surface area contributed by atoms with Crippen molar-refractivity contribution in [2.75, 3.05) is 6.61 Å². The quantitative estimate of drug-likeness (QED) is 0.733. The largest absolute Gasteiger partial charge is 0.491 e. The normalized spacial score (nSPS) is 12.5. The van der Waals surface area contributed by atoms with Crippen molar-refractivity contribution >= 4 is 11.0 Å². The smallest absolute Gasteiger partial charge is 0.244 e. The summed E-state index contributed by atoms with van der Waals surface area (Å²) in [5.41, 5.74) is 5.99. The van der Waals surface area contributed by atoms with E-state index in [1.807, 2.05) is 44.6 Å². The molecule has 0 spiro atoms. The zero-order valence-electron chi connectivity index (χ0n) is 14.8. The van der Waals surface area contributed by atoms with E-state index < -0.39 is 6.10 Å². The number of aryl methyl sites for hydroxylation is 4. The molecule has 1 N–H and O–H groups in total. The molecular formula is C20H25N2O2+. The van der Waals surface area contributed by atoms with Crippen LogP contribution in [0.15, 0.2) is 42.7 Å². The lowest BCUT2D eigenvalue weighted by atomic mass is 10.1. The second kappa shape index (κ2) is 6.65. The van der Waals surface area contributed by atoms with Crippen molar-refractivity contribution < 1.29 is 14.4 Å². The summed E-state index contributed by atoms with van der Waals surface area (Å²) in [5.74, 6) is 0.795. The molecule has 0 aliphatic heterocycles. The summed E-state index contributed by atoms with van der Waals surface area (Å²) < 4.78 is 9.89. The molecule has 1 aromatic heterocycles. The first-order valence-corrected chi connectivity index (χ1v) is 8.27. The van der Waals surface area contributed by atoms with Gasteiger partial charge < -0.3 is 9.84 Å². The summed E-state index contributed by atoms with van der Waals surface area (Å²) in [6, 6.07) is 12.2. The summed E-state index contributed by atoms with van der Waals surface area (Å²) in [5, 5.41) is 10.4. The number of rotatable bonds is 5. The Balaban J connectivity index is 1.73. The van der Waals surface area contributed by atoms with Gasteiger partial charge in [0.1, 0.15) is 25.0 Å². The van der Waals surface area contributed by atoms with Crippen LogP contribution in [0.3, 0.4) is 0 Å². The fraction of sp³-hybridized carbons (Fsp3) is 0.350. The minimum Gasteiger partial charge on any atom is -0.491 e. The molecule has 0 saturated heterocycles. The van der Waals surface area contributed by atoms with E-state index in [0.29, 0.717) is 6.54 Å². The lowest BCUT2D eigenvalue weighted by molar-refractivity contribution is -0.645. The van der Waals surface area contributed by atoms with Gasteiger partial charge in [0.15, 0.2) is 11.0 Å². The van der Waals surface area contributed by atoms with E-state index in [1.165, 1.54) is 16.6 Å². The molecule has 0 unspecified atom stereocenters. The molecular weight excluding hydrogens is 300 g/mol. The number of nitrogens with zero attached hydrogens (tertiary/aromatic N) is 2. The van der Waals surface area contributed by atoms with Crippen LogP contribution in [-0.4, -0.2) is 22.4 Å². The number of hydrogen-bond acceptors (Lipinski definition) is 2. The molecule has 0 amide bonds. The molecule has 1 atom stereocenters. The molecule has 3 aromatic rings. The maximum absolute atomic E-state index is 10.4. The molecule has 3 rings (SSSR count). The fourth-order valence-corrected chi connectivity index (χ4v) is 2.95. The van der Waals surface area contributed by atoms with Gasteiger partial charge in [-0.3, -0.25) is 0 Å². The van der Waals surface area contributed by atoms with E-state index >= 15 is 0 Å². The van der Waals surface area contributed by atoms with Crippen molar-refractivity contribution in [2.45, 2.75) is 33.4 Å². The summed E-state index contributed by atoms with van der Waals surface area (Å²) in [4.78, 5) is 0. The molecule has 0 saturated carbocycles. The van der Waals surface area contributed by atoms with Gasteiger partial charge in [0.2, 0.25) is 6.33 Å². The van der Waals surface area contributed by atoms with Crippen LogP contribution in [0.5, 0.6) is 5.75 Å². The first-order chi connectivity index (χ1) is 11.4. The van der Waals surface area contributed by atoms with Gasteiger partial charge in [-0.2, -0.15) is 0 Å². The average molecular weight is 325 g/mol. The highest BCUT2D eigenvalue weighted by Crippen LogP contribution is 2.18.